The molecule has 1 aliphatic rings. The van der Waals surface area contributed by atoms with E-state index in [2.05, 4.69) is 53.1 Å². The molecule has 3 aromatic rings. The van der Waals surface area contributed by atoms with Crippen LogP contribution in [0.2, 0.25) is 0 Å². The highest BCUT2D eigenvalue weighted by Crippen LogP contribution is 2.30. The van der Waals surface area contributed by atoms with Crippen LogP contribution in [0.1, 0.15) is 39.2 Å². The average Bonchev–Trinajstić information content (AvgIpc) is 3.52. The second kappa shape index (κ2) is 14.9. The number of carbonyl (C=O) groups excluding carboxylic acids is 2. The second-order valence-electron chi connectivity index (χ2n) is 11.5. The first kappa shape index (κ1) is 34.0. The highest BCUT2D eigenvalue weighted by Gasteiger charge is 2.45. The first-order chi connectivity index (χ1) is 21.9. The topological polar surface area (TPSA) is 167 Å². The number of carbonyl (C=O) groups is 3. The Morgan fingerprint density at radius 1 is 1.04 bits per heavy atom. The largest absolute Gasteiger partial charge is 0.465 e. The molecule has 1 saturated heterocycles. The normalized spacial score (nSPS) is 14.0. The second-order valence-corrected chi connectivity index (χ2v) is 12.3. The molecule has 1 aromatic heterocycles. The summed E-state index contributed by atoms with van der Waals surface area (Å²) in [6.07, 6.45) is 7.08. The number of benzene rings is 2. The van der Waals surface area contributed by atoms with Gasteiger partial charge >= 0.3 is 12.1 Å². The van der Waals surface area contributed by atoms with E-state index in [-0.39, 0.29) is 36.6 Å². The molecule has 14 heteroatoms. The molecule has 0 bridgehead atoms. The summed E-state index contributed by atoms with van der Waals surface area (Å²) < 4.78 is 12.1. The van der Waals surface area contributed by atoms with Crippen molar-refractivity contribution >= 4 is 57.0 Å². The van der Waals surface area contributed by atoms with Crippen LogP contribution in [-0.2, 0) is 16.0 Å². The fraction of sp³-hybridized carbons (Fsp3) is 0.344. The highest BCUT2D eigenvalue weighted by molar-refractivity contribution is 9.10. The number of likely N-dealkylation sites (tertiary alicyclic amines) is 1. The summed E-state index contributed by atoms with van der Waals surface area (Å²) in [4.78, 5) is 49.5. The van der Waals surface area contributed by atoms with E-state index in [0.717, 1.165) is 12.8 Å². The van der Waals surface area contributed by atoms with Gasteiger partial charge in [-0.1, -0.05) is 36.3 Å². The third kappa shape index (κ3) is 9.56. The van der Waals surface area contributed by atoms with Gasteiger partial charge in [0.25, 0.3) is 5.91 Å². The first-order valence-electron chi connectivity index (χ1n) is 14.5. The fourth-order valence-corrected chi connectivity index (χ4v) is 5.12. The number of urea groups is 1. The minimum Gasteiger partial charge on any atom is -0.465 e. The van der Waals surface area contributed by atoms with Gasteiger partial charge in [-0.25, -0.2) is 14.6 Å². The van der Waals surface area contributed by atoms with Crippen LogP contribution in [0.5, 0.6) is 5.88 Å². The first-order valence-corrected chi connectivity index (χ1v) is 15.3. The van der Waals surface area contributed by atoms with Crippen LogP contribution in [0.25, 0.3) is 0 Å². The van der Waals surface area contributed by atoms with Crippen molar-refractivity contribution < 1.29 is 29.0 Å². The lowest BCUT2D eigenvalue weighted by atomic mass is 9.99. The molecular formula is C32H36BrN7O6. The van der Waals surface area contributed by atoms with Gasteiger partial charge in [0.15, 0.2) is 6.61 Å². The predicted octanol–water partition coefficient (Wildman–Crippen LogP) is 5.58. The maximum Gasteiger partial charge on any atom is 0.407 e. The zero-order chi connectivity index (χ0) is 33.3. The van der Waals surface area contributed by atoms with Crippen molar-refractivity contribution in [3.05, 3.63) is 64.8 Å². The van der Waals surface area contributed by atoms with Gasteiger partial charge in [-0.3, -0.25) is 10.1 Å². The van der Waals surface area contributed by atoms with Gasteiger partial charge in [-0.15, -0.1) is 6.42 Å². The van der Waals surface area contributed by atoms with E-state index in [0.29, 0.717) is 34.5 Å². The molecule has 0 spiro atoms. The van der Waals surface area contributed by atoms with Crippen molar-refractivity contribution in [2.45, 2.75) is 51.4 Å². The zero-order valence-electron chi connectivity index (χ0n) is 25.7. The molecule has 2 aromatic carbocycles. The molecular weight excluding hydrogens is 658 g/mol. The number of anilines is 4. The summed E-state index contributed by atoms with van der Waals surface area (Å²) in [5.74, 6) is 1.97. The number of rotatable bonds is 11. The molecule has 46 heavy (non-hydrogen) atoms. The summed E-state index contributed by atoms with van der Waals surface area (Å²) in [5.41, 5.74) is -1.29. The molecule has 0 radical (unpaired) electrons. The lowest BCUT2D eigenvalue weighted by Crippen LogP contribution is -2.62. The number of halogens is 1. The molecule has 1 fully saturated rings. The summed E-state index contributed by atoms with van der Waals surface area (Å²) in [6, 6.07) is 13.4. The van der Waals surface area contributed by atoms with Crippen molar-refractivity contribution in [1.82, 2.24) is 20.2 Å². The molecule has 4 amide bonds. The standard InChI is InChI=1S/C32H36BrN7O6/c1-5-15-45-26-25(33)20-34-28(38-26)36-23-16-22(17-24(18-23)37-29(42)40-13-9-10-14-40)35-27(41)32(39-30(43)44,46-31(2,3)4)19-21-11-7-6-8-12-21/h1,6-8,11-12,16-18,20,39H,9-10,13-15,19H2,2-4H3,(H,35,41)(H,37,42)(H,43,44)(H,34,36,38)/t32-/m1/s1. The van der Waals surface area contributed by atoms with E-state index in [1.54, 1.807) is 68.1 Å². The quantitative estimate of drug-likeness (QED) is 0.127. The number of carboxylic acid groups (broad SMARTS) is 1. The van der Waals surface area contributed by atoms with Gasteiger partial charge in [-0.2, -0.15) is 4.98 Å². The lowest BCUT2D eigenvalue weighted by molar-refractivity contribution is -0.168. The van der Waals surface area contributed by atoms with Gasteiger partial charge in [-0.05, 0) is 73.3 Å². The van der Waals surface area contributed by atoms with Crippen molar-refractivity contribution in [2.24, 2.45) is 0 Å². The number of aromatic nitrogens is 2. The molecule has 4 rings (SSSR count). The Labute approximate surface area is 275 Å². The zero-order valence-corrected chi connectivity index (χ0v) is 27.3. The molecule has 2 heterocycles. The van der Waals surface area contributed by atoms with Crippen molar-refractivity contribution in [1.29, 1.82) is 0 Å². The predicted molar refractivity (Wildman–Crippen MR) is 177 cm³/mol. The molecule has 0 unspecified atom stereocenters. The van der Waals surface area contributed by atoms with Crippen LogP contribution in [0.15, 0.2) is 59.2 Å². The van der Waals surface area contributed by atoms with Gasteiger partial charge in [0.1, 0.15) is 0 Å². The third-order valence-electron chi connectivity index (χ3n) is 6.55. The number of hydrogen-bond donors (Lipinski definition) is 5. The minimum absolute atomic E-state index is 0.00496. The van der Waals surface area contributed by atoms with Crippen LogP contribution in [0.4, 0.5) is 32.6 Å². The van der Waals surface area contributed by atoms with Crippen LogP contribution >= 0.6 is 15.9 Å². The molecule has 5 N–H and O–H groups in total. The Kier molecular flexibility index (Phi) is 11.0. The molecule has 0 aliphatic carbocycles. The Morgan fingerprint density at radius 3 is 2.33 bits per heavy atom. The van der Waals surface area contributed by atoms with Crippen LogP contribution in [0, 0.1) is 12.3 Å². The Morgan fingerprint density at radius 2 is 1.70 bits per heavy atom. The maximum absolute atomic E-state index is 14.1. The summed E-state index contributed by atoms with van der Waals surface area (Å²) in [7, 11) is 0. The molecule has 1 atom stereocenters. The number of amides is 4. The average molecular weight is 695 g/mol. The van der Waals surface area contributed by atoms with Crippen LogP contribution in [0.3, 0.4) is 0 Å². The smallest absolute Gasteiger partial charge is 0.407 e. The monoisotopic (exact) mass is 693 g/mol. The third-order valence-corrected chi connectivity index (χ3v) is 7.09. The van der Waals surface area contributed by atoms with Crippen molar-refractivity contribution in [2.75, 3.05) is 35.6 Å². The Balaban J connectivity index is 1.71. The number of terminal acetylenes is 1. The van der Waals surface area contributed by atoms with E-state index in [1.807, 2.05) is 6.07 Å². The van der Waals surface area contributed by atoms with E-state index < -0.39 is 23.3 Å². The van der Waals surface area contributed by atoms with Crippen LogP contribution in [-0.4, -0.2) is 69.0 Å². The van der Waals surface area contributed by atoms with Gasteiger partial charge in [0, 0.05) is 36.6 Å². The number of nitrogens with one attached hydrogen (secondary N) is 4. The van der Waals surface area contributed by atoms with Gasteiger partial charge < -0.3 is 35.4 Å². The van der Waals surface area contributed by atoms with E-state index in [9.17, 15) is 19.5 Å². The number of hydrogen-bond acceptors (Lipinski definition) is 8. The van der Waals surface area contributed by atoms with Gasteiger partial charge in [0.2, 0.25) is 17.6 Å². The SMILES string of the molecule is C#CCOc1nc(Nc2cc(NC(=O)N3CCCC3)cc(NC(=O)[C@](Cc3ccccc3)(NC(=O)O)OC(C)(C)C)c2)ncc1Br. The highest BCUT2D eigenvalue weighted by atomic mass is 79.9. The molecule has 0 saturated carbocycles. The number of nitrogens with zero attached hydrogens (tertiary/aromatic N) is 3. The minimum atomic E-state index is -2.02. The van der Waals surface area contributed by atoms with Crippen LogP contribution < -0.4 is 26.0 Å². The maximum atomic E-state index is 14.1. The van der Waals surface area contributed by atoms with Crippen molar-refractivity contribution in [3.8, 4) is 18.2 Å². The summed E-state index contributed by atoms with van der Waals surface area (Å²) in [6.45, 7) is 6.43. The molecule has 13 nitrogen and oxygen atoms in total. The Bertz CT molecular complexity index is 1600. The number of ether oxygens (including phenoxy) is 2. The molecule has 242 valence electrons. The molecule has 1 aliphatic heterocycles. The summed E-state index contributed by atoms with van der Waals surface area (Å²) >= 11 is 3.33. The van der Waals surface area contributed by atoms with E-state index in [1.165, 1.54) is 6.20 Å². The lowest BCUT2D eigenvalue weighted by Gasteiger charge is -2.38. The van der Waals surface area contributed by atoms with Crippen molar-refractivity contribution in [3.63, 3.8) is 0 Å². The van der Waals surface area contributed by atoms with E-state index in [4.69, 9.17) is 15.9 Å². The summed E-state index contributed by atoms with van der Waals surface area (Å²) in [5, 5.41) is 20.9. The van der Waals surface area contributed by atoms with E-state index >= 15 is 0 Å². The fourth-order valence-electron chi connectivity index (χ4n) is 4.82. The van der Waals surface area contributed by atoms with Gasteiger partial charge in [0.05, 0.1) is 16.3 Å². The Hall–Kier alpha value is -4.87.